The minimum absolute atomic E-state index is 0.0556. The van der Waals surface area contributed by atoms with Crippen molar-refractivity contribution in [1.29, 1.82) is 0 Å². The Balaban J connectivity index is 2.68. The molecule has 1 aromatic rings. The van der Waals surface area contributed by atoms with Crippen molar-refractivity contribution >= 4 is 5.91 Å². The van der Waals surface area contributed by atoms with E-state index < -0.39 is 17.7 Å². The Hall–Kier alpha value is -1.49. The fraction of sp³-hybridized carbons (Fsp3) is 0.364. The lowest BCUT2D eigenvalue weighted by Gasteiger charge is -2.11. The van der Waals surface area contributed by atoms with Crippen molar-refractivity contribution in [3.05, 3.63) is 35.4 Å². The summed E-state index contributed by atoms with van der Waals surface area (Å²) in [5, 5.41) is 12.0. The molecule has 0 aliphatic heterocycles. The molecule has 3 nitrogen and oxygen atoms in total. The number of benzene rings is 1. The second kappa shape index (κ2) is 5.55. The Bertz CT molecular complexity index is 382. The molecule has 88 valence electrons. The van der Waals surface area contributed by atoms with E-state index >= 15 is 0 Å². The predicted molar refractivity (Wildman–Crippen MR) is 54.6 cm³/mol. The fourth-order valence-electron chi connectivity index (χ4n) is 1.32. The number of aliphatic hydroxyl groups excluding tert-OH is 1. The quantitative estimate of drug-likeness (QED) is 0.822. The highest BCUT2D eigenvalue weighted by Gasteiger charge is 2.14. The van der Waals surface area contributed by atoms with Gasteiger partial charge in [-0.1, -0.05) is 0 Å². The van der Waals surface area contributed by atoms with Gasteiger partial charge in [0.25, 0.3) is 0 Å². The van der Waals surface area contributed by atoms with Gasteiger partial charge in [0.1, 0.15) is 11.6 Å². The van der Waals surface area contributed by atoms with Gasteiger partial charge in [-0.3, -0.25) is 4.79 Å². The number of nitrogens with one attached hydrogen (secondary N) is 1. The first-order chi connectivity index (χ1) is 7.54. The van der Waals surface area contributed by atoms with Crippen molar-refractivity contribution in [2.24, 2.45) is 0 Å². The largest absolute Gasteiger partial charge is 0.388 e. The number of hydrogen-bond donors (Lipinski definition) is 2. The minimum atomic E-state index is -1.17. The molecule has 0 aliphatic carbocycles. The summed E-state index contributed by atoms with van der Waals surface area (Å²) < 4.78 is 26.0. The van der Waals surface area contributed by atoms with Gasteiger partial charge in [-0.15, -0.1) is 0 Å². The average Bonchev–Trinajstić information content (AvgIpc) is 2.28. The van der Waals surface area contributed by atoms with Crippen LogP contribution < -0.4 is 5.32 Å². The van der Waals surface area contributed by atoms with E-state index in [-0.39, 0.29) is 24.3 Å². The lowest BCUT2D eigenvalue weighted by atomic mass is 10.0. The molecule has 0 heterocycles. The van der Waals surface area contributed by atoms with Gasteiger partial charge in [0, 0.05) is 19.0 Å². The molecule has 0 fully saturated rings. The van der Waals surface area contributed by atoms with E-state index in [0.717, 1.165) is 18.2 Å². The van der Waals surface area contributed by atoms with Gasteiger partial charge in [0.05, 0.1) is 6.10 Å². The monoisotopic (exact) mass is 229 g/mol. The highest BCUT2D eigenvalue weighted by Crippen LogP contribution is 2.22. The smallest absolute Gasteiger partial charge is 0.219 e. The molecule has 0 radical (unpaired) electrons. The molecule has 0 saturated heterocycles. The number of aliphatic hydroxyl groups is 1. The molecule has 0 bridgehead atoms. The van der Waals surface area contributed by atoms with Crippen LogP contribution in [-0.2, 0) is 4.79 Å². The third-order valence-electron chi connectivity index (χ3n) is 2.24. The van der Waals surface area contributed by atoms with Crippen LogP contribution in [0.15, 0.2) is 18.2 Å². The Labute approximate surface area is 92.1 Å². The first-order valence-electron chi connectivity index (χ1n) is 4.88. The van der Waals surface area contributed by atoms with E-state index in [1.54, 1.807) is 0 Å². The summed E-state index contributed by atoms with van der Waals surface area (Å²) in [6.45, 7) is 0. The molecule has 1 amide bonds. The first-order valence-corrected chi connectivity index (χ1v) is 4.88. The minimum Gasteiger partial charge on any atom is -0.388 e. The van der Waals surface area contributed by atoms with Gasteiger partial charge in [-0.05, 0) is 24.6 Å². The lowest BCUT2D eigenvalue weighted by Crippen LogP contribution is -2.18. The first kappa shape index (κ1) is 12.6. The van der Waals surface area contributed by atoms with Crippen molar-refractivity contribution in [2.45, 2.75) is 18.9 Å². The van der Waals surface area contributed by atoms with Crippen LogP contribution in [0.2, 0.25) is 0 Å². The molecule has 16 heavy (non-hydrogen) atoms. The van der Waals surface area contributed by atoms with E-state index in [4.69, 9.17) is 0 Å². The Morgan fingerprint density at radius 1 is 1.50 bits per heavy atom. The van der Waals surface area contributed by atoms with Crippen LogP contribution in [0.5, 0.6) is 0 Å². The second-order valence-corrected chi connectivity index (χ2v) is 3.39. The molecule has 5 heteroatoms. The summed E-state index contributed by atoms with van der Waals surface area (Å²) in [7, 11) is 1.47. The van der Waals surface area contributed by atoms with Gasteiger partial charge >= 0.3 is 0 Å². The number of hydrogen-bond acceptors (Lipinski definition) is 2. The SMILES string of the molecule is CNC(=O)CCC(O)c1cc(F)ccc1F. The van der Waals surface area contributed by atoms with Crippen molar-refractivity contribution < 1.29 is 18.7 Å². The van der Waals surface area contributed by atoms with Crippen LogP contribution in [0.4, 0.5) is 8.78 Å². The number of carbonyl (C=O) groups is 1. The summed E-state index contributed by atoms with van der Waals surface area (Å²) in [6, 6.07) is 2.86. The third kappa shape index (κ3) is 3.27. The standard InChI is InChI=1S/C11H13F2NO2/c1-14-11(16)5-4-10(15)8-6-7(12)2-3-9(8)13/h2-3,6,10,15H,4-5H2,1H3,(H,14,16). The summed E-state index contributed by atoms with van der Waals surface area (Å²) in [6.07, 6.45) is -1.05. The van der Waals surface area contributed by atoms with Gasteiger partial charge in [0.15, 0.2) is 0 Å². The second-order valence-electron chi connectivity index (χ2n) is 3.39. The molecule has 2 N–H and O–H groups in total. The maximum atomic E-state index is 13.2. The van der Waals surface area contributed by atoms with Crippen molar-refractivity contribution in [3.8, 4) is 0 Å². The van der Waals surface area contributed by atoms with Gasteiger partial charge < -0.3 is 10.4 Å². The Kier molecular flexibility index (Phi) is 4.37. The zero-order valence-electron chi connectivity index (χ0n) is 8.84. The van der Waals surface area contributed by atoms with Crippen LogP contribution in [-0.4, -0.2) is 18.1 Å². The van der Waals surface area contributed by atoms with Crippen LogP contribution in [0, 0.1) is 11.6 Å². The fourth-order valence-corrected chi connectivity index (χ4v) is 1.32. The Morgan fingerprint density at radius 2 is 2.19 bits per heavy atom. The molecule has 1 unspecified atom stereocenters. The van der Waals surface area contributed by atoms with Gasteiger partial charge in [-0.2, -0.15) is 0 Å². The summed E-state index contributed by atoms with van der Waals surface area (Å²) in [5.74, 6) is -1.54. The van der Waals surface area contributed by atoms with E-state index in [9.17, 15) is 18.7 Å². The molecule has 0 saturated carbocycles. The van der Waals surface area contributed by atoms with E-state index in [1.807, 2.05) is 0 Å². The highest BCUT2D eigenvalue weighted by atomic mass is 19.1. The number of amides is 1. The van der Waals surface area contributed by atoms with Crippen molar-refractivity contribution in [3.63, 3.8) is 0 Å². The third-order valence-corrected chi connectivity index (χ3v) is 2.24. The summed E-state index contributed by atoms with van der Waals surface area (Å²) in [5.41, 5.74) is -0.121. The molecule has 0 spiro atoms. The van der Waals surface area contributed by atoms with Crippen LogP contribution in [0.25, 0.3) is 0 Å². The maximum Gasteiger partial charge on any atom is 0.219 e. The molecule has 1 rings (SSSR count). The summed E-state index contributed by atoms with van der Waals surface area (Å²) >= 11 is 0. The zero-order valence-corrected chi connectivity index (χ0v) is 8.84. The van der Waals surface area contributed by atoms with Crippen LogP contribution >= 0.6 is 0 Å². The van der Waals surface area contributed by atoms with Gasteiger partial charge in [0.2, 0.25) is 5.91 Å². The maximum absolute atomic E-state index is 13.2. The van der Waals surface area contributed by atoms with Gasteiger partial charge in [-0.25, -0.2) is 8.78 Å². The average molecular weight is 229 g/mol. The van der Waals surface area contributed by atoms with Crippen LogP contribution in [0.3, 0.4) is 0 Å². The molecular weight excluding hydrogens is 216 g/mol. The lowest BCUT2D eigenvalue weighted by molar-refractivity contribution is -0.121. The zero-order chi connectivity index (χ0) is 12.1. The summed E-state index contributed by atoms with van der Waals surface area (Å²) in [4.78, 5) is 10.9. The molecule has 0 aromatic heterocycles. The van der Waals surface area contributed by atoms with E-state index in [0.29, 0.717) is 0 Å². The molecule has 0 aliphatic rings. The van der Waals surface area contributed by atoms with E-state index in [1.165, 1.54) is 7.05 Å². The predicted octanol–water partition coefficient (Wildman–Crippen LogP) is 1.52. The van der Waals surface area contributed by atoms with Crippen molar-refractivity contribution in [1.82, 2.24) is 5.32 Å². The number of carbonyl (C=O) groups excluding carboxylic acids is 1. The highest BCUT2D eigenvalue weighted by molar-refractivity contribution is 5.75. The Morgan fingerprint density at radius 3 is 2.81 bits per heavy atom. The molecule has 1 atom stereocenters. The molecular formula is C11H13F2NO2. The normalized spacial score (nSPS) is 12.2. The number of rotatable bonds is 4. The molecule has 1 aromatic carbocycles. The topological polar surface area (TPSA) is 49.3 Å². The van der Waals surface area contributed by atoms with E-state index in [2.05, 4.69) is 5.32 Å². The van der Waals surface area contributed by atoms with Crippen molar-refractivity contribution in [2.75, 3.05) is 7.05 Å². The van der Waals surface area contributed by atoms with Crippen LogP contribution in [0.1, 0.15) is 24.5 Å². The number of halogens is 2.